The van der Waals surface area contributed by atoms with Crippen LogP contribution in [-0.4, -0.2) is 11.6 Å². The molecule has 1 amide bonds. The standard InChI is InChI=1S/C20H24N2O/c1-13-6-8-18(16(4)10-13)12-20(23)22-21-17(5)19-9-7-14(2)15(3)11-19/h6-11H,12H2,1-5H3,(H,22,23)/b21-17-. The maximum Gasteiger partial charge on any atom is 0.244 e. The SMILES string of the molecule is C/C(=N/NC(=O)Cc1ccc(C)cc1C)c1ccc(C)c(C)c1. The van der Waals surface area contributed by atoms with Crippen molar-refractivity contribution in [3.8, 4) is 0 Å². The summed E-state index contributed by atoms with van der Waals surface area (Å²) < 4.78 is 0. The van der Waals surface area contributed by atoms with Crippen molar-refractivity contribution in [1.82, 2.24) is 5.43 Å². The molecule has 0 aliphatic heterocycles. The Bertz CT molecular complexity index is 760. The molecule has 0 unspecified atom stereocenters. The molecule has 0 heterocycles. The fourth-order valence-electron chi connectivity index (χ4n) is 2.43. The van der Waals surface area contributed by atoms with Crippen LogP contribution in [0.1, 0.15) is 40.3 Å². The molecular formula is C20H24N2O. The highest BCUT2D eigenvalue weighted by atomic mass is 16.2. The first-order valence-corrected chi connectivity index (χ1v) is 7.83. The normalized spacial score (nSPS) is 11.4. The number of hydrazone groups is 1. The van der Waals surface area contributed by atoms with Gasteiger partial charge in [-0.25, -0.2) is 5.43 Å². The van der Waals surface area contributed by atoms with Gasteiger partial charge in [0.05, 0.1) is 12.1 Å². The first-order valence-electron chi connectivity index (χ1n) is 7.83. The summed E-state index contributed by atoms with van der Waals surface area (Å²) in [6.07, 6.45) is 0.343. The van der Waals surface area contributed by atoms with Crippen LogP contribution in [0, 0.1) is 27.7 Å². The Kier molecular flexibility index (Phi) is 5.32. The summed E-state index contributed by atoms with van der Waals surface area (Å²) >= 11 is 0. The maximum absolute atomic E-state index is 12.1. The number of hydrogen-bond acceptors (Lipinski definition) is 2. The highest BCUT2D eigenvalue weighted by Gasteiger charge is 2.06. The molecule has 2 aromatic rings. The van der Waals surface area contributed by atoms with Crippen molar-refractivity contribution in [1.29, 1.82) is 0 Å². The molecule has 3 heteroatoms. The molecular weight excluding hydrogens is 284 g/mol. The van der Waals surface area contributed by atoms with Gasteiger partial charge in [-0.1, -0.05) is 35.9 Å². The lowest BCUT2D eigenvalue weighted by molar-refractivity contribution is -0.120. The lowest BCUT2D eigenvalue weighted by Crippen LogP contribution is -2.21. The quantitative estimate of drug-likeness (QED) is 0.673. The predicted molar refractivity (Wildman–Crippen MR) is 95.9 cm³/mol. The second-order valence-corrected chi connectivity index (χ2v) is 6.14. The van der Waals surface area contributed by atoms with Crippen molar-refractivity contribution in [2.75, 3.05) is 0 Å². The minimum atomic E-state index is -0.0971. The summed E-state index contributed by atoms with van der Waals surface area (Å²) in [5.41, 5.74) is 10.3. The Morgan fingerprint density at radius 2 is 1.70 bits per heavy atom. The molecule has 0 bridgehead atoms. The van der Waals surface area contributed by atoms with Crippen LogP contribution in [0.5, 0.6) is 0 Å². The zero-order valence-electron chi connectivity index (χ0n) is 14.5. The van der Waals surface area contributed by atoms with Crippen LogP contribution < -0.4 is 5.43 Å². The fourth-order valence-corrected chi connectivity index (χ4v) is 2.43. The smallest absolute Gasteiger partial charge is 0.244 e. The Balaban J connectivity index is 2.03. The second-order valence-electron chi connectivity index (χ2n) is 6.14. The van der Waals surface area contributed by atoms with Gasteiger partial charge in [0.25, 0.3) is 0 Å². The summed E-state index contributed by atoms with van der Waals surface area (Å²) in [5, 5.41) is 4.23. The molecule has 0 radical (unpaired) electrons. The van der Waals surface area contributed by atoms with E-state index in [1.54, 1.807) is 0 Å². The molecule has 2 aromatic carbocycles. The Morgan fingerprint density at radius 1 is 0.957 bits per heavy atom. The summed E-state index contributed by atoms with van der Waals surface area (Å²) in [7, 11) is 0. The fraction of sp³-hybridized carbons (Fsp3) is 0.300. The maximum atomic E-state index is 12.1. The highest BCUT2D eigenvalue weighted by molar-refractivity contribution is 5.99. The summed E-state index contributed by atoms with van der Waals surface area (Å²) in [5.74, 6) is -0.0971. The number of benzene rings is 2. The van der Waals surface area contributed by atoms with Crippen LogP contribution in [0.3, 0.4) is 0 Å². The number of nitrogens with one attached hydrogen (secondary N) is 1. The number of hydrogen-bond donors (Lipinski definition) is 1. The summed E-state index contributed by atoms with van der Waals surface area (Å²) in [6.45, 7) is 10.1. The molecule has 0 aliphatic carbocycles. The van der Waals surface area contributed by atoms with Gasteiger partial charge in [-0.15, -0.1) is 0 Å². The first kappa shape index (κ1) is 16.9. The molecule has 0 spiro atoms. The molecule has 120 valence electrons. The van der Waals surface area contributed by atoms with Crippen LogP contribution in [-0.2, 0) is 11.2 Å². The summed E-state index contributed by atoms with van der Waals surface area (Å²) in [6, 6.07) is 12.3. The molecule has 3 nitrogen and oxygen atoms in total. The van der Waals surface area contributed by atoms with E-state index in [1.165, 1.54) is 16.7 Å². The van der Waals surface area contributed by atoms with E-state index in [2.05, 4.69) is 42.6 Å². The van der Waals surface area contributed by atoms with Gasteiger partial charge in [-0.05, 0) is 68.5 Å². The van der Waals surface area contributed by atoms with Gasteiger partial charge in [-0.2, -0.15) is 5.10 Å². The van der Waals surface area contributed by atoms with E-state index in [9.17, 15) is 4.79 Å². The number of carbonyl (C=O) groups excluding carboxylic acids is 1. The minimum absolute atomic E-state index is 0.0971. The monoisotopic (exact) mass is 308 g/mol. The van der Waals surface area contributed by atoms with Crippen molar-refractivity contribution < 1.29 is 4.79 Å². The zero-order valence-corrected chi connectivity index (χ0v) is 14.5. The van der Waals surface area contributed by atoms with Crippen molar-refractivity contribution in [3.63, 3.8) is 0 Å². The molecule has 2 rings (SSSR count). The van der Waals surface area contributed by atoms with Crippen LogP contribution in [0.25, 0.3) is 0 Å². The molecule has 0 saturated heterocycles. The Morgan fingerprint density at radius 3 is 2.35 bits per heavy atom. The van der Waals surface area contributed by atoms with Crippen LogP contribution in [0.4, 0.5) is 0 Å². The van der Waals surface area contributed by atoms with Crippen molar-refractivity contribution in [2.24, 2.45) is 5.10 Å². The van der Waals surface area contributed by atoms with Gasteiger partial charge < -0.3 is 0 Å². The molecule has 0 atom stereocenters. The largest absolute Gasteiger partial charge is 0.273 e. The lowest BCUT2D eigenvalue weighted by Gasteiger charge is -2.07. The van der Waals surface area contributed by atoms with E-state index in [-0.39, 0.29) is 5.91 Å². The number of nitrogens with zero attached hydrogens (tertiary/aromatic N) is 1. The van der Waals surface area contributed by atoms with Gasteiger partial charge in [0.2, 0.25) is 5.91 Å². The van der Waals surface area contributed by atoms with E-state index in [0.717, 1.165) is 22.4 Å². The molecule has 0 aromatic heterocycles. The van der Waals surface area contributed by atoms with E-state index >= 15 is 0 Å². The van der Waals surface area contributed by atoms with Gasteiger partial charge in [0.1, 0.15) is 0 Å². The zero-order chi connectivity index (χ0) is 17.0. The van der Waals surface area contributed by atoms with Crippen molar-refractivity contribution in [2.45, 2.75) is 41.0 Å². The highest BCUT2D eigenvalue weighted by Crippen LogP contribution is 2.12. The molecule has 0 aliphatic rings. The minimum Gasteiger partial charge on any atom is -0.273 e. The average Bonchev–Trinajstić information content (AvgIpc) is 2.50. The molecule has 23 heavy (non-hydrogen) atoms. The van der Waals surface area contributed by atoms with E-state index < -0.39 is 0 Å². The molecule has 0 saturated carbocycles. The van der Waals surface area contributed by atoms with Gasteiger partial charge in [0, 0.05) is 0 Å². The molecule has 0 fully saturated rings. The number of amides is 1. The number of carbonyl (C=O) groups is 1. The third-order valence-corrected chi connectivity index (χ3v) is 4.12. The average molecular weight is 308 g/mol. The van der Waals surface area contributed by atoms with Gasteiger partial charge in [-0.3, -0.25) is 4.79 Å². The van der Waals surface area contributed by atoms with Gasteiger partial charge in [0.15, 0.2) is 0 Å². The van der Waals surface area contributed by atoms with Crippen LogP contribution in [0.15, 0.2) is 41.5 Å². The van der Waals surface area contributed by atoms with Crippen molar-refractivity contribution >= 4 is 11.6 Å². The van der Waals surface area contributed by atoms with E-state index in [1.807, 2.05) is 39.0 Å². The Labute approximate surface area is 138 Å². The third kappa shape index (κ3) is 4.52. The van der Waals surface area contributed by atoms with E-state index in [0.29, 0.717) is 6.42 Å². The number of rotatable bonds is 4. The summed E-state index contributed by atoms with van der Waals surface area (Å²) in [4.78, 5) is 12.1. The Hall–Kier alpha value is -2.42. The van der Waals surface area contributed by atoms with Crippen molar-refractivity contribution in [3.05, 3.63) is 69.8 Å². The first-order chi connectivity index (χ1) is 10.9. The lowest BCUT2D eigenvalue weighted by atomic mass is 10.0. The van der Waals surface area contributed by atoms with E-state index in [4.69, 9.17) is 0 Å². The predicted octanol–water partition coefficient (Wildman–Crippen LogP) is 4.00. The molecule has 1 N–H and O–H groups in total. The van der Waals surface area contributed by atoms with Gasteiger partial charge >= 0.3 is 0 Å². The topological polar surface area (TPSA) is 41.5 Å². The van der Waals surface area contributed by atoms with Crippen LogP contribution in [0.2, 0.25) is 0 Å². The number of aryl methyl sites for hydroxylation is 4. The van der Waals surface area contributed by atoms with Crippen LogP contribution >= 0.6 is 0 Å². The third-order valence-electron chi connectivity index (χ3n) is 4.12. The second kappa shape index (κ2) is 7.23.